The first-order chi connectivity index (χ1) is 6.77. The number of nitrogen functional groups attached to an aromatic ring is 1. The SMILES string of the molecule is Nc1ccc(C(=O)N2CCCC2)nn1. The predicted molar refractivity (Wildman–Crippen MR) is 51.6 cm³/mol. The van der Waals surface area contributed by atoms with E-state index in [0.29, 0.717) is 11.5 Å². The van der Waals surface area contributed by atoms with Gasteiger partial charge in [-0.1, -0.05) is 0 Å². The lowest BCUT2D eigenvalue weighted by Crippen LogP contribution is -2.28. The van der Waals surface area contributed by atoms with E-state index in [-0.39, 0.29) is 5.91 Å². The summed E-state index contributed by atoms with van der Waals surface area (Å²) in [4.78, 5) is 13.5. The summed E-state index contributed by atoms with van der Waals surface area (Å²) in [6, 6.07) is 3.21. The van der Waals surface area contributed by atoms with E-state index < -0.39 is 0 Å². The van der Waals surface area contributed by atoms with Gasteiger partial charge in [-0.15, -0.1) is 10.2 Å². The number of nitrogens with two attached hydrogens (primary N) is 1. The first-order valence-corrected chi connectivity index (χ1v) is 4.66. The molecule has 0 aliphatic carbocycles. The average Bonchev–Trinajstić information content (AvgIpc) is 2.71. The van der Waals surface area contributed by atoms with Crippen LogP contribution in [0.2, 0.25) is 0 Å². The summed E-state index contributed by atoms with van der Waals surface area (Å²) in [6.07, 6.45) is 2.16. The Hall–Kier alpha value is -1.65. The number of amides is 1. The van der Waals surface area contributed by atoms with E-state index in [1.807, 2.05) is 0 Å². The van der Waals surface area contributed by atoms with Crippen LogP contribution in [-0.2, 0) is 0 Å². The minimum Gasteiger partial charge on any atom is -0.382 e. The molecule has 1 aliphatic rings. The first kappa shape index (κ1) is 8.93. The number of rotatable bonds is 1. The third-order valence-corrected chi connectivity index (χ3v) is 2.30. The molecule has 1 aromatic heterocycles. The van der Waals surface area contributed by atoms with Gasteiger partial charge in [0.05, 0.1) is 0 Å². The molecule has 0 bridgehead atoms. The number of likely N-dealkylation sites (tertiary alicyclic amines) is 1. The standard InChI is InChI=1S/C9H12N4O/c10-8-4-3-7(11-12-8)9(14)13-5-1-2-6-13/h3-4H,1-2,5-6H2,(H2,10,12). The third kappa shape index (κ3) is 1.66. The molecule has 1 aromatic rings. The lowest BCUT2D eigenvalue weighted by molar-refractivity contribution is 0.0786. The van der Waals surface area contributed by atoms with Gasteiger partial charge in [0.25, 0.3) is 5.91 Å². The quantitative estimate of drug-likeness (QED) is 0.694. The fourth-order valence-corrected chi connectivity index (χ4v) is 1.54. The van der Waals surface area contributed by atoms with Crippen molar-refractivity contribution in [3.63, 3.8) is 0 Å². The molecule has 14 heavy (non-hydrogen) atoms. The molecule has 0 spiro atoms. The number of aromatic nitrogens is 2. The van der Waals surface area contributed by atoms with Crippen LogP contribution in [0.3, 0.4) is 0 Å². The lowest BCUT2D eigenvalue weighted by Gasteiger charge is -2.13. The van der Waals surface area contributed by atoms with Gasteiger partial charge < -0.3 is 10.6 Å². The highest BCUT2D eigenvalue weighted by Crippen LogP contribution is 2.11. The molecule has 2 heterocycles. The van der Waals surface area contributed by atoms with Gasteiger partial charge in [0, 0.05) is 13.1 Å². The van der Waals surface area contributed by atoms with Gasteiger partial charge in [0.15, 0.2) is 5.69 Å². The monoisotopic (exact) mass is 192 g/mol. The van der Waals surface area contributed by atoms with E-state index in [9.17, 15) is 4.79 Å². The molecular weight excluding hydrogens is 180 g/mol. The first-order valence-electron chi connectivity index (χ1n) is 4.66. The molecule has 0 aromatic carbocycles. The fourth-order valence-electron chi connectivity index (χ4n) is 1.54. The molecule has 1 amide bonds. The Morgan fingerprint density at radius 3 is 2.57 bits per heavy atom. The van der Waals surface area contributed by atoms with E-state index in [1.165, 1.54) is 0 Å². The van der Waals surface area contributed by atoms with Crippen molar-refractivity contribution in [3.8, 4) is 0 Å². The highest BCUT2D eigenvalue weighted by molar-refractivity contribution is 5.92. The van der Waals surface area contributed by atoms with Crippen LogP contribution in [0.4, 0.5) is 5.82 Å². The second kappa shape index (κ2) is 3.61. The topological polar surface area (TPSA) is 72.1 Å². The third-order valence-electron chi connectivity index (χ3n) is 2.30. The van der Waals surface area contributed by atoms with Crippen LogP contribution in [0.5, 0.6) is 0 Å². The van der Waals surface area contributed by atoms with Crippen molar-refractivity contribution < 1.29 is 4.79 Å². The molecule has 1 fully saturated rings. The summed E-state index contributed by atoms with van der Waals surface area (Å²) in [7, 11) is 0. The zero-order valence-electron chi connectivity index (χ0n) is 7.81. The van der Waals surface area contributed by atoms with E-state index in [4.69, 9.17) is 5.73 Å². The Morgan fingerprint density at radius 1 is 1.29 bits per heavy atom. The molecule has 2 N–H and O–H groups in total. The maximum absolute atomic E-state index is 11.7. The second-order valence-corrected chi connectivity index (χ2v) is 3.34. The van der Waals surface area contributed by atoms with E-state index >= 15 is 0 Å². The van der Waals surface area contributed by atoms with Crippen molar-refractivity contribution in [1.82, 2.24) is 15.1 Å². The Labute approximate surface area is 81.9 Å². The van der Waals surface area contributed by atoms with Crippen LogP contribution >= 0.6 is 0 Å². The van der Waals surface area contributed by atoms with Crippen LogP contribution < -0.4 is 5.73 Å². The molecule has 1 aliphatic heterocycles. The zero-order chi connectivity index (χ0) is 9.97. The van der Waals surface area contributed by atoms with Crippen LogP contribution in [0.25, 0.3) is 0 Å². The van der Waals surface area contributed by atoms with Gasteiger partial charge in [-0.25, -0.2) is 0 Å². The number of anilines is 1. The summed E-state index contributed by atoms with van der Waals surface area (Å²) in [5.74, 6) is 0.290. The van der Waals surface area contributed by atoms with Crippen LogP contribution in [-0.4, -0.2) is 34.1 Å². The van der Waals surface area contributed by atoms with Gasteiger partial charge in [-0.05, 0) is 25.0 Å². The number of nitrogens with zero attached hydrogens (tertiary/aromatic N) is 3. The van der Waals surface area contributed by atoms with Gasteiger partial charge >= 0.3 is 0 Å². The maximum atomic E-state index is 11.7. The number of carbonyl (C=O) groups is 1. The highest BCUT2D eigenvalue weighted by atomic mass is 16.2. The van der Waals surface area contributed by atoms with Crippen molar-refractivity contribution in [1.29, 1.82) is 0 Å². The molecule has 0 saturated carbocycles. The summed E-state index contributed by atoms with van der Waals surface area (Å²) >= 11 is 0. The Kier molecular flexibility index (Phi) is 2.30. The van der Waals surface area contributed by atoms with Gasteiger partial charge in [-0.3, -0.25) is 4.79 Å². The predicted octanol–water partition coefficient (Wildman–Crippen LogP) is 0.295. The molecule has 5 nitrogen and oxygen atoms in total. The highest BCUT2D eigenvalue weighted by Gasteiger charge is 2.20. The molecule has 0 radical (unpaired) electrons. The Balaban J connectivity index is 2.14. The number of hydrogen-bond acceptors (Lipinski definition) is 4. The van der Waals surface area contributed by atoms with E-state index in [1.54, 1.807) is 17.0 Å². The Morgan fingerprint density at radius 2 is 2.00 bits per heavy atom. The summed E-state index contributed by atoms with van der Waals surface area (Å²) < 4.78 is 0. The minimum atomic E-state index is -0.0463. The normalized spacial score (nSPS) is 15.9. The summed E-state index contributed by atoms with van der Waals surface area (Å²) in [5, 5.41) is 7.41. The van der Waals surface area contributed by atoms with Crippen LogP contribution in [0.1, 0.15) is 23.3 Å². The van der Waals surface area contributed by atoms with E-state index in [0.717, 1.165) is 25.9 Å². The van der Waals surface area contributed by atoms with Crippen molar-refractivity contribution in [2.24, 2.45) is 0 Å². The molecule has 5 heteroatoms. The van der Waals surface area contributed by atoms with Crippen molar-refractivity contribution >= 4 is 11.7 Å². The largest absolute Gasteiger partial charge is 0.382 e. The molecule has 0 unspecified atom stereocenters. The molecule has 74 valence electrons. The van der Waals surface area contributed by atoms with Crippen LogP contribution in [0.15, 0.2) is 12.1 Å². The van der Waals surface area contributed by atoms with Crippen molar-refractivity contribution in [3.05, 3.63) is 17.8 Å². The Bertz CT molecular complexity index is 329. The molecule has 1 saturated heterocycles. The summed E-state index contributed by atoms with van der Waals surface area (Å²) in [6.45, 7) is 1.65. The molecular formula is C9H12N4O. The van der Waals surface area contributed by atoms with E-state index in [2.05, 4.69) is 10.2 Å². The smallest absolute Gasteiger partial charge is 0.274 e. The van der Waals surface area contributed by atoms with Crippen molar-refractivity contribution in [2.45, 2.75) is 12.8 Å². The summed E-state index contributed by atoms with van der Waals surface area (Å²) in [5.41, 5.74) is 5.76. The van der Waals surface area contributed by atoms with Crippen molar-refractivity contribution in [2.75, 3.05) is 18.8 Å². The second-order valence-electron chi connectivity index (χ2n) is 3.34. The van der Waals surface area contributed by atoms with Gasteiger partial charge in [-0.2, -0.15) is 0 Å². The zero-order valence-corrected chi connectivity index (χ0v) is 7.81. The lowest BCUT2D eigenvalue weighted by atomic mass is 10.3. The molecule has 0 atom stereocenters. The minimum absolute atomic E-state index is 0.0463. The number of carbonyl (C=O) groups excluding carboxylic acids is 1. The average molecular weight is 192 g/mol. The fraction of sp³-hybridized carbons (Fsp3) is 0.444. The van der Waals surface area contributed by atoms with Crippen LogP contribution in [0, 0.1) is 0 Å². The number of hydrogen-bond donors (Lipinski definition) is 1. The maximum Gasteiger partial charge on any atom is 0.274 e. The van der Waals surface area contributed by atoms with Gasteiger partial charge in [0.1, 0.15) is 5.82 Å². The van der Waals surface area contributed by atoms with Gasteiger partial charge in [0.2, 0.25) is 0 Å². The molecule has 2 rings (SSSR count).